The molecule has 0 unspecified atom stereocenters. The zero-order valence-electron chi connectivity index (χ0n) is 11.1. The number of rotatable bonds is 3. The molecule has 8 nitrogen and oxygen atoms in total. The van der Waals surface area contributed by atoms with Crippen molar-refractivity contribution in [2.75, 3.05) is 5.75 Å². The van der Waals surface area contributed by atoms with E-state index in [1.807, 2.05) is 0 Å². The van der Waals surface area contributed by atoms with Crippen LogP contribution in [0.5, 0.6) is 0 Å². The largest absolute Gasteiger partial charge is 0.388 e. The summed E-state index contributed by atoms with van der Waals surface area (Å²) >= 11 is 0. The summed E-state index contributed by atoms with van der Waals surface area (Å²) in [7, 11) is -3.37. The van der Waals surface area contributed by atoms with Gasteiger partial charge < -0.3 is 10.1 Å². The van der Waals surface area contributed by atoms with E-state index in [0.29, 0.717) is 16.6 Å². The molecule has 1 aromatic carbocycles. The minimum Gasteiger partial charge on any atom is -0.388 e. The number of hydrogen-bond acceptors (Lipinski definition) is 6. The number of H-pyrrole nitrogens is 1. The minimum atomic E-state index is -3.37. The van der Waals surface area contributed by atoms with Crippen molar-refractivity contribution in [3.63, 3.8) is 0 Å². The Hall–Kier alpha value is -2.26. The number of aliphatic hydroxyl groups is 1. The van der Waals surface area contributed by atoms with E-state index in [0.717, 1.165) is 4.52 Å². The first-order chi connectivity index (χ1) is 9.96. The Bertz CT molecular complexity index is 1000. The number of nitrogens with one attached hydrogen (secondary N) is 1. The molecule has 0 radical (unpaired) electrons. The Morgan fingerprint density at radius 3 is 2.81 bits per heavy atom. The molecule has 0 fully saturated rings. The molecule has 0 bridgehead atoms. The van der Waals surface area contributed by atoms with Crippen molar-refractivity contribution in [1.29, 1.82) is 0 Å². The molecule has 0 aliphatic rings. The monoisotopic (exact) mass is 308 g/mol. The molecule has 0 atom stereocenters. The van der Waals surface area contributed by atoms with Crippen LogP contribution in [0.25, 0.3) is 16.6 Å². The molecule has 2 N–H and O–H groups in total. The molecule has 2 heterocycles. The van der Waals surface area contributed by atoms with Gasteiger partial charge in [-0.15, -0.1) is 5.10 Å². The van der Waals surface area contributed by atoms with Crippen LogP contribution in [0.1, 0.15) is 12.7 Å². The van der Waals surface area contributed by atoms with Crippen LogP contribution in [0.15, 0.2) is 27.9 Å². The van der Waals surface area contributed by atoms with Crippen LogP contribution < -0.4 is 5.69 Å². The summed E-state index contributed by atoms with van der Waals surface area (Å²) in [6.45, 7) is 1.19. The van der Waals surface area contributed by atoms with Gasteiger partial charge in [0.1, 0.15) is 12.3 Å². The highest BCUT2D eigenvalue weighted by Crippen LogP contribution is 2.20. The van der Waals surface area contributed by atoms with E-state index in [1.165, 1.54) is 18.2 Å². The molecule has 3 rings (SSSR count). The molecule has 0 aliphatic carbocycles. The molecule has 0 spiro atoms. The lowest BCUT2D eigenvalue weighted by molar-refractivity contribution is 0.271. The number of aliphatic hydroxyl groups excluding tert-OH is 1. The van der Waals surface area contributed by atoms with Crippen molar-refractivity contribution < 1.29 is 13.5 Å². The summed E-state index contributed by atoms with van der Waals surface area (Å²) < 4.78 is 24.9. The van der Waals surface area contributed by atoms with Crippen LogP contribution in [0, 0.1) is 0 Å². The van der Waals surface area contributed by atoms with E-state index in [2.05, 4.69) is 15.1 Å². The molecule has 21 heavy (non-hydrogen) atoms. The number of fused-ring (bicyclic) bond motifs is 3. The molecule has 3 aromatic rings. The Morgan fingerprint density at radius 2 is 2.14 bits per heavy atom. The average Bonchev–Trinajstić information content (AvgIpc) is 2.92. The summed E-state index contributed by atoms with van der Waals surface area (Å²) in [6, 6.07) is 4.36. The van der Waals surface area contributed by atoms with Crippen molar-refractivity contribution in [3.05, 3.63) is 34.5 Å². The van der Waals surface area contributed by atoms with E-state index in [-0.39, 0.29) is 23.1 Å². The molecule has 2 aromatic heterocycles. The summed E-state index contributed by atoms with van der Waals surface area (Å²) in [6.07, 6.45) is 0. The third-order valence-electron chi connectivity index (χ3n) is 3.20. The molecule has 0 saturated heterocycles. The van der Waals surface area contributed by atoms with Crippen molar-refractivity contribution in [2.24, 2.45) is 0 Å². The first kappa shape index (κ1) is 13.7. The topological polar surface area (TPSA) is 117 Å². The number of benzene rings is 1. The zero-order valence-corrected chi connectivity index (χ0v) is 11.9. The van der Waals surface area contributed by atoms with E-state index in [9.17, 15) is 13.2 Å². The Balaban J connectivity index is 2.43. The third kappa shape index (κ3) is 2.10. The standard InChI is InChI=1S/C12H12N4O4S/c1-2-21(19,20)7-3-4-9-8(5-7)11-14-10(6-17)15-16(11)12(18)13-9/h3-5,17H,2,6H2,1H3,(H,14,15). The van der Waals surface area contributed by atoms with Gasteiger partial charge in [0.2, 0.25) is 0 Å². The van der Waals surface area contributed by atoms with Crippen LogP contribution in [0.4, 0.5) is 0 Å². The predicted molar refractivity (Wildman–Crippen MR) is 74.8 cm³/mol. The van der Waals surface area contributed by atoms with Crippen molar-refractivity contribution in [1.82, 2.24) is 19.6 Å². The van der Waals surface area contributed by atoms with E-state index in [4.69, 9.17) is 5.11 Å². The van der Waals surface area contributed by atoms with Gasteiger partial charge in [0.05, 0.1) is 16.2 Å². The first-order valence-electron chi connectivity index (χ1n) is 6.21. The fraction of sp³-hybridized carbons (Fsp3) is 0.250. The second-order valence-electron chi connectivity index (χ2n) is 4.47. The highest BCUT2D eigenvalue weighted by atomic mass is 32.2. The van der Waals surface area contributed by atoms with Crippen LogP contribution in [-0.2, 0) is 16.4 Å². The lowest BCUT2D eigenvalue weighted by Gasteiger charge is -2.03. The molecular weight excluding hydrogens is 296 g/mol. The van der Waals surface area contributed by atoms with Gasteiger partial charge >= 0.3 is 5.69 Å². The van der Waals surface area contributed by atoms with Gasteiger partial charge in [0.15, 0.2) is 15.7 Å². The summed E-state index contributed by atoms with van der Waals surface area (Å²) in [5, 5.41) is 13.4. The summed E-state index contributed by atoms with van der Waals surface area (Å²) in [5.74, 6) is 0.178. The number of sulfone groups is 1. The number of aromatic amines is 1. The fourth-order valence-electron chi connectivity index (χ4n) is 2.09. The van der Waals surface area contributed by atoms with Gasteiger partial charge in [-0.05, 0) is 18.2 Å². The van der Waals surface area contributed by atoms with Crippen molar-refractivity contribution >= 4 is 26.4 Å². The first-order valence-corrected chi connectivity index (χ1v) is 7.87. The van der Waals surface area contributed by atoms with E-state index < -0.39 is 15.5 Å². The lowest BCUT2D eigenvalue weighted by atomic mass is 10.2. The molecule has 0 amide bonds. The quantitative estimate of drug-likeness (QED) is 0.695. The molecule has 9 heteroatoms. The van der Waals surface area contributed by atoms with Crippen LogP contribution >= 0.6 is 0 Å². The highest BCUT2D eigenvalue weighted by Gasteiger charge is 2.15. The second kappa shape index (κ2) is 4.64. The maximum atomic E-state index is 12.0. The van der Waals surface area contributed by atoms with E-state index >= 15 is 0 Å². The van der Waals surface area contributed by atoms with E-state index in [1.54, 1.807) is 6.92 Å². The zero-order chi connectivity index (χ0) is 15.2. The average molecular weight is 308 g/mol. The summed E-state index contributed by atoms with van der Waals surface area (Å²) in [5.41, 5.74) is 0.0740. The van der Waals surface area contributed by atoms with Gasteiger partial charge in [-0.3, -0.25) is 0 Å². The van der Waals surface area contributed by atoms with Crippen LogP contribution in [0.2, 0.25) is 0 Å². The molecule has 110 valence electrons. The molecule has 0 aliphatic heterocycles. The number of hydrogen-bond donors (Lipinski definition) is 2. The third-order valence-corrected chi connectivity index (χ3v) is 4.94. The van der Waals surface area contributed by atoms with Crippen LogP contribution in [-0.4, -0.2) is 38.9 Å². The maximum absolute atomic E-state index is 12.0. The Labute approximate surface area is 119 Å². The minimum absolute atomic E-state index is 0.0211. The van der Waals surface area contributed by atoms with Crippen molar-refractivity contribution in [3.8, 4) is 0 Å². The SMILES string of the molecule is CCS(=O)(=O)c1ccc2nc(=O)n3nc(CO)[nH]c3c2c1. The Morgan fingerprint density at radius 1 is 1.38 bits per heavy atom. The van der Waals surface area contributed by atoms with Gasteiger partial charge in [-0.1, -0.05) is 6.92 Å². The Kier molecular flexibility index (Phi) is 3.03. The highest BCUT2D eigenvalue weighted by molar-refractivity contribution is 7.91. The number of nitrogens with zero attached hydrogens (tertiary/aromatic N) is 3. The number of aromatic nitrogens is 4. The molecular formula is C12H12N4O4S. The predicted octanol–water partition coefficient (Wildman–Crippen LogP) is -0.143. The normalized spacial score (nSPS) is 12.3. The van der Waals surface area contributed by atoms with Gasteiger partial charge in [-0.2, -0.15) is 9.50 Å². The van der Waals surface area contributed by atoms with Gasteiger partial charge in [0.25, 0.3) is 0 Å². The van der Waals surface area contributed by atoms with Crippen LogP contribution in [0.3, 0.4) is 0 Å². The summed E-state index contributed by atoms with van der Waals surface area (Å²) in [4.78, 5) is 18.6. The smallest absolute Gasteiger partial charge is 0.370 e. The van der Waals surface area contributed by atoms with Gasteiger partial charge in [-0.25, -0.2) is 13.2 Å². The van der Waals surface area contributed by atoms with Gasteiger partial charge in [0, 0.05) is 5.39 Å². The fourth-order valence-corrected chi connectivity index (χ4v) is 3.00. The maximum Gasteiger partial charge on any atom is 0.370 e. The van der Waals surface area contributed by atoms with Crippen molar-refractivity contribution in [2.45, 2.75) is 18.4 Å². The molecule has 0 saturated carbocycles. The lowest BCUT2D eigenvalue weighted by Crippen LogP contribution is -2.17. The second-order valence-corrected chi connectivity index (χ2v) is 6.75.